The molecule has 1 aromatic rings. The van der Waals surface area contributed by atoms with Gasteiger partial charge in [-0.1, -0.05) is 0 Å². The zero-order chi connectivity index (χ0) is 8.55. The number of carboxylic acids is 1. The van der Waals surface area contributed by atoms with E-state index >= 15 is 0 Å². The van der Waals surface area contributed by atoms with Gasteiger partial charge >= 0.3 is 5.97 Å². The van der Waals surface area contributed by atoms with Gasteiger partial charge in [-0.2, -0.15) is 0 Å². The van der Waals surface area contributed by atoms with Crippen molar-refractivity contribution in [3.8, 4) is 0 Å². The molecule has 1 aromatic heterocycles. The normalized spacial score (nSPS) is 21.8. The number of aliphatic carboxylic acids is 1. The summed E-state index contributed by atoms with van der Waals surface area (Å²) in [7, 11) is 0. The second-order valence-electron chi connectivity index (χ2n) is 2.77. The van der Waals surface area contributed by atoms with Crippen LogP contribution in [0.25, 0.3) is 0 Å². The van der Waals surface area contributed by atoms with Crippen molar-refractivity contribution in [2.45, 2.75) is 12.5 Å². The number of nitrogens with one attached hydrogen (secondary N) is 1. The van der Waals surface area contributed by atoms with Gasteiger partial charge < -0.3 is 10.4 Å². The summed E-state index contributed by atoms with van der Waals surface area (Å²) in [5.74, 6) is -0.783. The number of hydrogen-bond acceptors (Lipinski definition) is 3. The molecule has 1 atom stereocenters. The molecule has 0 spiro atoms. The van der Waals surface area contributed by atoms with Crippen LogP contribution in [0.5, 0.6) is 0 Å². The van der Waals surface area contributed by atoms with Crippen LogP contribution < -0.4 is 5.32 Å². The van der Waals surface area contributed by atoms with Gasteiger partial charge in [-0.15, -0.1) is 11.3 Å². The Hall–Kier alpha value is -0.870. The Kier molecular flexibility index (Phi) is 1.86. The molecule has 1 aliphatic heterocycles. The predicted molar refractivity (Wildman–Crippen MR) is 46.4 cm³/mol. The maximum absolute atomic E-state index is 10.8. The van der Waals surface area contributed by atoms with Gasteiger partial charge in [0.25, 0.3) is 0 Å². The monoisotopic (exact) mass is 183 g/mol. The Morgan fingerprint density at radius 3 is 3.33 bits per heavy atom. The summed E-state index contributed by atoms with van der Waals surface area (Å²) in [5, 5.41) is 13.8. The molecule has 0 saturated carbocycles. The highest BCUT2D eigenvalue weighted by molar-refractivity contribution is 7.10. The fraction of sp³-hybridized carbons (Fsp3) is 0.375. The average molecular weight is 183 g/mol. The number of fused-ring (bicyclic) bond motifs is 1. The van der Waals surface area contributed by atoms with Gasteiger partial charge in [-0.25, -0.2) is 0 Å². The SMILES string of the molecule is O=C(O)[C@@H]1NCCc2sccc21. The second-order valence-corrected chi connectivity index (χ2v) is 3.78. The van der Waals surface area contributed by atoms with E-state index in [2.05, 4.69) is 5.32 Å². The molecule has 2 heterocycles. The van der Waals surface area contributed by atoms with Crippen molar-refractivity contribution in [3.05, 3.63) is 21.9 Å². The first-order chi connectivity index (χ1) is 5.79. The van der Waals surface area contributed by atoms with E-state index in [0.29, 0.717) is 0 Å². The first kappa shape index (κ1) is 7.76. The zero-order valence-electron chi connectivity index (χ0n) is 6.41. The highest BCUT2D eigenvalue weighted by Crippen LogP contribution is 2.27. The molecule has 0 aliphatic carbocycles. The number of thiophene rings is 1. The molecule has 0 fully saturated rings. The minimum atomic E-state index is -0.783. The second kappa shape index (κ2) is 2.88. The average Bonchev–Trinajstić information content (AvgIpc) is 2.49. The molecule has 12 heavy (non-hydrogen) atoms. The van der Waals surface area contributed by atoms with Crippen molar-refractivity contribution >= 4 is 17.3 Å². The molecule has 0 bridgehead atoms. The van der Waals surface area contributed by atoms with Gasteiger partial charge in [0.2, 0.25) is 0 Å². The lowest BCUT2D eigenvalue weighted by atomic mass is 10.0. The van der Waals surface area contributed by atoms with Crippen LogP contribution in [0.1, 0.15) is 16.5 Å². The van der Waals surface area contributed by atoms with E-state index in [1.807, 2.05) is 11.4 Å². The van der Waals surface area contributed by atoms with Gasteiger partial charge in [-0.05, 0) is 23.4 Å². The summed E-state index contributed by atoms with van der Waals surface area (Å²) in [5.41, 5.74) is 0.943. The van der Waals surface area contributed by atoms with Crippen LogP contribution in [0, 0.1) is 0 Å². The number of rotatable bonds is 1. The molecule has 0 amide bonds. The van der Waals surface area contributed by atoms with E-state index in [0.717, 1.165) is 18.5 Å². The highest BCUT2D eigenvalue weighted by Gasteiger charge is 2.25. The lowest BCUT2D eigenvalue weighted by molar-refractivity contribution is -0.139. The number of hydrogen-bond donors (Lipinski definition) is 2. The lowest BCUT2D eigenvalue weighted by Crippen LogP contribution is -2.33. The van der Waals surface area contributed by atoms with E-state index in [-0.39, 0.29) is 0 Å². The van der Waals surface area contributed by atoms with Crippen molar-refractivity contribution < 1.29 is 9.90 Å². The van der Waals surface area contributed by atoms with E-state index < -0.39 is 12.0 Å². The van der Waals surface area contributed by atoms with Crippen LogP contribution in [0.15, 0.2) is 11.4 Å². The van der Waals surface area contributed by atoms with Gasteiger partial charge in [-0.3, -0.25) is 4.79 Å². The largest absolute Gasteiger partial charge is 0.480 e. The van der Waals surface area contributed by atoms with Gasteiger partial charge in [0, 0.05) is 11.4 Å². The summed E-state index contributed by atoms with van der Waals surface area (Å²) in [6.45, 7) is 0.768. The standard InChI is InChI=1S/C8H9NO2S/c10-8(11)7-5-2-4-12-6(5)1-3-9-7/h2,4,7,9H,1,3H2,(H,10,11)/t7-/m1/s1. The number of carboxylic acid groups (broad SMARTS) is 1. The molecule has 4 heteroatoms. The maximum atomic E-state index is 10.8. The smallest absolute Gasteiger partial charge is 0.325 e. The van der Waals surface area contributed by atoms with Crippen molar-refractivity contribution in [2.24, 2.45) is 0 Å². The molecule has 0 saturated heterocycles. The molecular formula is C8H9NO2S. The van der Waals surface area contributed by atoms with Gasteiger partial charge in [0.05, 0.1) is 0 Å². The summed E-state index contributed by atoms with van der Waals surface area (Å²) >= 11 is 1.64. The Balaban J connectivity index is 2.37. The molecule has 2 N–H and O–H groups in total. The molecule has 0 aromatic carbocycles. The Morgan fingerprint density at radius 2 is 2.58 bits per heavy atom. The van der Waals surface area contributed by atoms with E-state index in [1.165, 1.54) is 4.88 Å². The minimum Gasteiger partial charge on any atom is -0.480 e. The van der Waals surface area contributed by atoms with E-state index in [4.69, 9.17) is 5.11 Å². The summed E-state index contributed by atoms with van der Waals surface area (Å²) in [4.78, 5) is 12.0. The number of carbonyl (C=O) groups is 1. The molecular weight excluding hydrogens is 174 g/mol. The van der Waals surface area contributed by atoms with Crippen LogP contribution in [-0.2, 0) is 11.2 Å². The quantitative estimate of drug-likeness (QED) is 0.683. The highest BCUT2D eigenvalue weighted by atomic mass is 32.1. The Labute approximate surface area is 74.0 Å². The van der Waals surface area contributed by atoms with Crippen LogP contribution >= 0.6 is 11.3 Å². The van der Waals surface area contributed by atoms with E-state index in [1.54, 1.807) is 11.3 Å². The predicted octanol–water partition coefficient (Wildman–Crippen LogP) is 1.02. The maximum Gasteiger partial charge on any atom is 0.325 e. The zero-order valence-corrected chi connectivity index (χ0v) is 7.23. The lowest BCUT2D eigenvalue weighted by Gasteiger charge is -2.20. The Bertz CT molecular complexity index is 308. The van der Waals surface area contributed by atoms with Crippen LogP contribution in [0.3, 0.4) is 0 Å². The molecule has 2 rings (SSSR count). The third-order valence-electron chi connectivity index (χ3n) is 2.04. The van der Waals surface area contributed by atoms with Gasteiger partial charge in [0.15, 0.2) is 0 Å². The summed E-state index contributed by atoms with van der Waals surface area (Å²) in [6.07, 6.45) is 0.955. The van der Waals surface area contributed by atoms with Crippen molar-refractivity contribution in [2.75, 3.05) is 6.54 Å². The van der Waals surface area contributed by atoms with Crippen molar-refractivity contribution in [1.82, 2.24) is 5.32 Å². The topological polar surface area (TPSA) is 49.3 Å². The first-order valence-electron chi connectivity index (χ1n) is 3.81. The van der Waals surface area contributed by atoms with Crippen LogP contribution in [-0.4, -0.2) is 17.6 Å². The Morgan fingerprint density at radius 1 is 1.75 bits per heavy atom. The van der Waals surface area contributed by atoms with Gasteiger partial charge in [0.1, 0.15) is 6.04 Å². The molecule has 0 unspecified atom stereocenters. The van der Waals surface area contributed by atoms with E-state index in [9.17, 15) is 4.79 Å². The molecule has 3 nitrogen and oxygen atoms in total. The molecule has 1 aliphatic rings. The fourth-order valence-corrected chi connectivity index (χ4v) is 2.39. The minimum absolute atomic E-state index is 0.486. The third kappa shape index (κ3) is 1.13. The summed E-state index contributed by atoms with van der Waals surface area (Å²) in [6, 6.07) is 1.41. The van der Waals surface area contributed by atoms with Crippen molar-refractivity contribution in [1.29, 1.82) is 0 Å². The van der Waals surface area contributed by atoms with Crippen LogP contribution in [0.4, 0.5) is 0 Å². The van der Waals surface area contributed by atoms with Crippen molar-refractivity contribution in [3.63, 3.8) is 0 Å². The third-order valence-corrected chi connectivity index (χ3v) is 3.03. The first-order valence-corrected chi connectivity index (χ1v) is 4.69. The van der Waals surface area contributed by atoms with Crippen LogP contribution in [0.2, 0.25) is 0 Å². The molecule has 64 valence electrons. The molecule has 0 radical (unpaired) electrons. The summed E-state index contributed by atoms with van der Waals surface area (Å²) < 4.78 is 0. The fourth-order valence-electron chi connectivity index (χ4n) is 1.47.